The van der Waals surface area contributed by atoms with E-state index in [2.05, 4.69) is 15.6 Å². The number of aldehydes is 1. The predicted octanol–water partition coefficient (Wildman–Crippen LogP) is 5.22. The Bertz CT molecular complexity index is 1070. The number of anilines is 2. The Hall–Kier alpha value is -3.52. The van der Waals surface area contributed by atoms with Crippen LogP contribution in [0.3, 0.4) is 0 Å². The van der Waals surface area contributed by atoms with Gasteiger partial charge in [-0.15, -0.1) is 11.3 Å². The van der Waals surface area contributed by atoms with Crippen LogP contribution in [0, 0.1) is 0 Å². The summed E-state index contributed by atoms with van der Waals surface area (Å²) in [5, 5.41) is 6.15. The molecule has 7 nitrogen and oxygen atoms in total. The van der Waals surface area contributed by atoms with Crippen LogP contribution in [0.4, 0.5) is 16.2 Å². The summed E-state index contributed by atoms with van der Waals surface area (Å²) in [6.45, 7) is 5.32. The van der Waals surface area contributed by atoms with Gasteiger partial charge in [0.2, 0.25) is 0 Å². The van der Waals surface area contributed by atoms with Crippen LogP contribution in [-0.4, -0.2) is 28.9 Å². The molecule has 0 unspecified atom stereocenters. The summed E-state index contributed by atoms with van der Waals surface area (Å²) in [6.07, 6.45) is 1.67. The van der Waals surface area contributed by atoms with Crippen molar-refractivity contribution in [2.45, 2.75) is 26.4 Å². The highest BCUT2D eigenvalue weighted by atomic mass is 32.1. The number of carbonyl (C=O) groups is 3. The highest BCUT2D eigenvalue weighted by Crippen LogP contribution is 2.26. The van der Waals surface area contributed by atoms with Gasteiger partial charge >= 0.3 is 6.09 Å². The number of aromatic nitrogens is 1. The number of nitrogens with zero attached hydrogens (tertiary/aromatic N) is 1. The van der Waals surface area contributed by atoms with Gasteiger partial charge in [0.05, 0.1) is 16.3 Å². The molecule has 0 fully saturated rings. The predicted molar refractivity (Wildman–Crippen MR) is 117 cm³/mol. The second kappa shape index (κ2) is 8.87. The van der Waals surface area contributed by atoms with Crippen molar-refractivity contribution in [2.24, 2.45) is 0 Å². The van der Waals surface area contributed by atoms with Gasteiger partial charge in [-0.2, -0.15) is 0 Å². The molecule has 1 heterocycles. The molecule has 2 amide bonds. The summed E-state index contributed by atoms with van der Waals surface area (Å²) in [5.41, 5.74) is 1.51. The summed E-state index contributed by atoms with van der Waals surface area (Å²) < 4.78 is 5.26. The normalized spacial score (nSPS) is 10.9. The SMILES string of the molecule is CC(C)(C)OC(=O)Nc1ccccc1NC(=O)c1ccc(-c2ncc(C=O)s2)cc1. The number of rotatable bonds is 5. The molecule has 2 aromatic carbocycles. The van der Waals surface area contributed by atoms with Gasteiger partial charge in [-0.25, -0.2) is 9.78 Å². The Kier molecular flexibility index (Phi) is 6.27. The molecule has 1 aromatic heterocycles. The second-order valence-electron chi connectivity index (χ2n) is 7.39. The highest BCUT2D eigenvalue weighted by molar-refractivity contribution is 7.16. The van der Waals surface area contributed by atoms with E-state index in [1.165, 1.54) is 17.5 Å². The zero-order valence-corrected chi connectivity index (χ0v) is 17.6. The van der Waals surface area contributed by atoms with Gasteiger partial charge in [-0.1, -0.05) is 24.3 Å². The summed E-state index contributed by atoms with van der Waals surface area (Å²) >= 11 is 1.28. The fraction of sp³-hybridized carbons (Fsp3) is 0.182. The molecule has 0 bridgehead atoms. The fourth-order valence-electron chi connectivity index (χ4n) is 2.55. The van der Waals surface area contributed by atoms with E-state index < -0.39 is 11.7 Å². The Balaban J connectivity index is 1.71. The highest BCUT2D eigenvalue weighted by Gasteiger charge is 2.18. The van der Waals surface area contributed by atoms with Crippen molar-refractivity contribution < 1.29 is 19.1 Å². The Labute approximate surface area is 178 Å². The standard InChI is InChI=1S/C22H21N3O4S/c1-22(2,3)29-21(28)25-18-7-5-4-6-17(18)24-19(27)14-8-10-15(11-9-14)20-23-12-16(13-26)30-20/h4-13H,1-3H3,(H,24,27)(H,25,28). The topological polar surface area (TPSA) is 97.4 Å². The molecule has 0 spiro atoms. The molecule has 3 rings (SSSR count). The van der Waals surface area contributed by atoms with Crippen LogP contribution in [-0.2, 0) is 4.74 Å². The first kappa shape index (κ1) is 21.2. The Morgan fingerprint density at radius 2 is 1.63 bits per heavy atom. The number of nitrogens with one attached hydrogen (secondary N) is 2. The van der Waals surface area contributed by atoms with Gasteiger partial charge in [0.25, 0.3) is 5.91 Å². The van der Waals surface area contributed by atoms with E-state index in [1.807, 2.05) is 0 Å². The van der Waals surface area contributed by atoms with Crippen molar-refractivity contribution in [1.82, 2.24) is 4.98 Å². The summed E-state index contributed by atoms with van der Waals surface area (Å²) in [7, 11) is 0. The largest absolute Gasteiger partial charge is 0.444 e. The number of benzene rings is 2. The minimum atomic E-state index is -0.631. The van der Waals surface area contributed by atoms with Crippen LogP contribution in [0.2, 0.25) is 0 Å². The Morgan fingerprint density at radius 1 is 1.00 bits per heavy atom. The molecule has 2 N–H and O–H groups in total. The van der Waals surface area contributed by atoms with Crippen molar-refractivity contribution in [1.29, 1.82) is 0 Å². The van der Waals surface area contributed by atoms with E-state index in [-0.39, 0.29) is 5.91 Å². The smallest absolute Gasteiger partial charge is 0.412 e. The van der Waals surface area contributed by atoms with Crippen LogP contribution < -0.4 is 10.6 Å². The van der Waals surface area contributed by atoms with Gasteiger partial charge in [-0.05, 0) is 45.0 Å². The molecular weight excluding hydrogens is 402 g/mol. The molecule has 0 saturated carbocycles. The summed E-state index contributed by atoms with van der Waals surface area (Å²) in [6, 6.07) is 13.8. The number of amides is 2. The molecule has 8 heteroatoms. The molecular formula is C22H21N3O4S. The third kappa shape index (κ3) is 5.51. The van der Waals surface area contributed by atoms with Crippen LogP contribution in [0.1, 0.15) is 40.8 Å². The molecule has 0 aliphatic heterocycles. The van der Waals surface area contributed by atoms with E-state index in [0.29, 0.717) is 26.8 Å². The van der Waals surface area contributed by atoms with Crippen LogP contribution in [0.15, 0.2) is 54.7 Å². The van der Waals surface area contributed by atoms with E-state index in [9.17, 15) is 14.4 Å². The zero-order chi connectivity index (χ0) is 21.7. The zero-order valence-electron chi connectivity index (χ0n) is 16.8. The number of ether oxygens (including phenoxy) is 1. The van der Waals surface area contributed by atoms with Crippen molar-refractivity contribution in [3.8, 4) is 10.6 Å². The number of para-hydroxylation sites is 2. The molecule has 3 aromatic rings. The van der Waals surface area contributed by atoms with Crippen molar-refractivity contribution in [3.63, 3.8) is 0 Å². The minimum Gasteiger partial charge on any atom is -0.444 e. The van der Waals surface area contributed by atoms with Crippen molar-refractivity contribution >= 4 is 41.0 Å². The first-order chi connectivity index (χ1) is 14.2. The van der Waals surface area contributed by atoms with Crippen molar-refractivity contribution in [3.05, 3.63) is 65.2 Å². The van der Waals surface area contributed by atoms with E-state index in [4.69, 9.17) is 4.74 Å². The Morgan fingerprint density at radius 3 is 2.20 bits per heavy atom. The van der Waals surface area contributed by atoms with Gasteiger partial charge in [0.15, 0.2) is 6.29 Å². The van der Waals surface area contributed by atoms with Crippen molar-refractivity contribution in [2.75, 3.05) is 10.6 Å². The lowest BCUT2D eigenvalue weighted by atomic mass is 10.1. The van der Waals surface area contributed by atoms with E-state index in [0.717, 1.165) is 11.8 Å². The third-order valence-electron chi connectivity index (χ3n) is 3.84. The first-order valence-corrected chi connectivity index (χ1v) is 9.98. The number of thiazole rings is 1. The number of carbonyl (C=O) groups excluding carboxylic acids is 3. The maximum Gasteiger partial charge on any atom is 0.412 e. The fourth-order valence-corrected chi connectivity index (χ4v) is 3.28. The average molecular weight is 423 g/mol. The number of hydrogen-bond donors (Lipinski definition) is 2. The molecule has 0 radical (unpaired) electrons. The quantitative estimate of drug-likeness (QED) is 0.548. The monoisotopic (exact) mass is 423 g/mol. The van der Waals surface area contributed by atoms with E-state index in [1.54, 1.807) is 69.3 Å². The third-order valence-corrected chi connectivity index (χ3v) is 4.82. The maximum atomic E-state index is 12.7. The lowest BCUT2D eigenvalue weighted by molar-refractivity contribution is 0.0635. The lowest BCUT2D eigenvalue weighted by Gasteiger charge is -2.20. The second-order valence-corrected chi connectivity index (χ2v) is 8.45. The number of hydrogen-bond acceptors (Lipinski definition) is 6. The van der Waals surface area contributed by atoms with Gasteiger partial charge in [-0.3, -0.25) is 14.9 Å². The maximum absolute atomic E-state index is 12.7. The molecule has 0 saturated heterocycles. The molecule has 0 aliphatic rings. The minimum absolute atomic E-state index is 0.326. The lowest BCUT2D eigenvalue weighted by Crippen LogP contribution is -2.27. The first-order valence-electron chi connectivity index (χ1n) is 9.17. The average Bonchev–Trinajstić information content (AvgIpc) is 3.17. The van der Waals surface area contributed by atoms with Crippen LogP contribution >= 0.6 is 11.3 Å². The summed E-state index contributed by atoms with van der Waals surface area (Å²) in [5.74, 6) is -0.326. The van der Waals surface area contributed by atoms with Crippen LogP contribution in [0.25, 0.3) is 10.6 Å². The van der Waals surface area contributed by atoms with E-state index >= 15 is 0 Å². The van der Waals surface area contributed by atoms with Crippen LogP contribution in [0.5, 0.6) is 0 Å². The molecule has 30 heavy (non-hydrogen) atoms. The summed E-state index contributed by atoms with van der Waals surface area (Å²) in [4.78, 5) is 40.3. The molecule has 154 valence electrons. The van der Waals surface area contributed by atoms with Gasteiger partial charge < -0.3 is 10.1 Å². The molecule has 0 aliphatic carbocycles. The van der Waals surface area contributed by atoms with Gasteiger partial charge in [0.1, 0.15) is 10.6 Å². The molecule has 0 atom stereocenters. The van der Waals surface area contributed by atoms with Gasteiger partial charge in [0, 0.05) is 17.3 Å².